The minimum absolute atomic E-state index is 0.0993. The van der Waals surface area contributed by atoms with Crippen molar-refractivity contribution in [3.8, 4) is 11.8 Å². The van der Waals surface area contributed by atoms with Crippen molar-refractivity contribution in [1.82, 2.24) is 10.2 Å². The van der Waals surface area contributed by atoms with E-state index in [1.54, 1.807) is 0 Å². The molecule has 0 saturated carbocycles. The predicted molar refractivity (Wildman–Crippen MR) is 74.1 cm³/mol. The van der Waals surface area contributed by atoms with Gasteiger partial charge in [-0.2, -0.15) is 5.26 Å². The standard InChI is InChI=1S/C13H13FN4OS/c1-2-5-16-13-18-17-12(20-13)8-19-11-4-3-9(7-15)6-10(11)14/h3-4,6H,2,5,8H2,1H3,(H,16,18). The summed E-state index contributed by atoms with van der Waals surface area (Å²) in [5.41, 5.74) is 0.261. The van der Waals surface area contributed by atoms with Crippen LogP contribution in [0.3, 0.4) is 0 Å². The largest absolute Gasteiger partial charge is 0.483 e. The predicted octanol–water partition coefficient (Wildman–Crippen LogP) is 2.95. The molecule has 5 nitrogen and oxygen atoms in total. The summed E-state index contributed by atoms with van der Waals surface area (Å²) in [7, 11) is 0. The molecule has 0 aliphatic rings. The third kappa shape index (κ3) is 3.65. The van der Waals surface area contributed by atoms with E-state index in [0.717, 1.165) is 24.2 Å². The Kier molecular flexibility index (Phi) is 4.85. The Hall–Kier alpha value is -2.20. The van der Waals surface area contributed by atoms with Gasteiger partial charge in [-0.25, -0.2) is 4.39 Å². The normalized spacial score (nSPS) is 10.1. The molecule has 7 heteroatoms. The molecule has 0 aliphatic carbocycles. The van der Waals surface area contributed by atoms with Crippen LogP contribution in [0.2, 0.25) is 0 Å². The van der Waals surface area contributed by atoms with Crippen LogP contribution in [0.15, 0.2) is 18.2 Å². The Morgan fingerprint density at radius 2 is 2.30 bits per heavy atom. The van der Waals surface area contributed by atoms with Gasteiger partial charge in [0.2, 0.25) is 5.13 Å². The number of benzene rings is 1. The van der Waals surface area contributed by atoms with Crippen LogP contribution in [0.1, 0.15) is 23.9 Å². The van der Waals surface area contributed by atoms with Crippen LogP contribution in [0.25, 0.3) is 0 Å². The zero-order valence-electron chi connectivity index (χ0n) is 10.9. The first-order valence-corrected chi connectivity index (χ1v) is 6.93. The monoisotopic (exact) mass is 292 g/mol. The number of nitrogens with one attached hydrogen (secondary N) is 1. The summed E-state index contributed by atoms with van der Waals surface area (Å²) >= 11 is 1.37. The highest BCUT2D eigenvalue weighted by atomic mass is 32.1. The number of anilines is 1. The van der Waals surface area contributed by atoms with Crippen LogP contribution in [0, 0.1) is 17.1 Å². The molecule has 1 heterocycles. The van der Waals surface area contributed by atoms with Crippen LogP contribution in [0.5, 0.6) is 5.75 Å². The van der Waals surface area contributed by atoms with E-state index in [4.69, 9.17) is 10.00 Å². The molecule has 0 amide bonds. The van der Waals surface area contributed by atoms with Gasteiger partial charge < -0.3 is 10.1 Å². The molecule has 20 heavy (non-hydrogen) atoms. The molecular weight excluding hydrogens is 279 g/mol. The number of nitrogens with zero attached hydrogens (tertiary/aromatic N) is 3. The van der Waals surface area contributed by atoms with Crippen molar-refractivity contribution in [1.29, 1.82) is 5.26 Å². The van der Waals surface area contributed by atoms with Gasteiger partial charge >= 0.3 is 0 Å². The Morgan fingerprint density at radius 1 is 1.45 bits per heavy atom. The molecule has 1 N–H and O–H groups in total. The fourth-order valence-electron chi connectivity index (χ4n) is 1.44. The zero-order valence-corrected chi connectivity index (χ0v) is 11.7. The number of nitriles is 1. The van der Waals surface area contributed by atoms with Crippen molar-refractivity contribution >= 4 is 16.5 Å². The number of rotatable bonds is 6. The highest BCUT2D eigenvalue weighted by Gasteiger charge is 2.08. The van der Waals surface area contributed by atoms with Crippen molar-refractivity contribution in [2.24, 2.45) is 0 Å². The smallest absolute Gasteiger partial charge is 0.205 e. The maximum Gasteiger partial charge on any atom is 0.205 e. The van der Waals surface area contributed by atoms with E-state index in [2.05, 4.69) is 22.4 Å². The topological polar surface area (TPSA) is 70.8 Å². The number of halogens is 1. The third-order valence-corrected chi connectivity index (χ3v) is 3.26. The van der Waals surface area contributed by atoms with E-state index in [-0.39, 0.29) is 17.9 Å². The summed E-state index contributed by atoms with van der Waals surface area (Å²) < 4.78 is 18.9. The highest BCUT2D eigenvalue weighted by Crippen LogP contribution is 2.21. The first-order chi connectivity index (χ1) is 9.72. The van der Waals surface area contributed by atoms with Gasteiger partial charge in [0, 0.05) is 6.54 Å². The number of hydrogen-bond acceptors (Lipinski definition) is 6. The second kappa shape index (κ2) is 6.82. The van der Waals surface area contributed by atoms with E-state index >= 15 is 0 Å². The quantitative estimate of drug-likeness (QED) is 0.886. The summed E-state index contributed by atoms with van der Waals surface area (Å²) in [6.07, 6.45) is 1.00. The second-order valence-corrected chi connectivity index (χ2v) is 5.04. The molecule has 0 atom stereocenters. The lowest BCUT2D eigenvalue weighted by Gasteiger charge is -2.04. The van der Waals surface area contributed by atoms with E-state index < -0.39 is 5.82 Å². The van der Waals surface area contributed by atoms with Gasteiger partial charge in [0.1, 0.15) is 6.61 Å². The maximum absolute atomic E-state index is 13.6. The summed E-state index contributed by atoms with van der Waals surface area (Å²) in [6.45, 7) is 3.04. The fraction of sp³-hybridized carbons (Fsp3) is 0.308. The van der Waals surface area contributed by atoms with E-state index in [0.29, 0.717) is 5.01 Å². The average Bonchev–Trinajstić information content (AvgIpc) is 2.91. The van der Waals surface area contributed by atoms with Crippen molar-refractivity contribution in [3.63, 3.8) is 0 Å². The molecule has 104 valence electrons. The molecule has 0 unspecified atom stereocenters. The Morgan fingerprint density at radius 3 is 3.00 bits per heavy atom. The van der Waals surface area contributed by atoms with Crippen molar-refractivity contribution in [2.75, 3.05) is 11.9 Å². The van der Waals surface area contributed by atoms with E-state index in [1.807, 2.05) is 6.07 Å². The average molecular weight is 292 g/mol. The summed E-state index contributed by atoms with van der Waals surface area (Å²) in [5, 5.41) is 21.1. The molecular formula is C13H13FN4OS. The Bertz CT molecular complexity index is 623. The highest BCUT2D eigenvalue weighted by molar-refractivity contribution is 7.15. The zero-order chi connectivity index (χ0) is 14.4. The Balaban J connectivity index is 1.95. The summed E-state index contributed by atoms with van der Waals surface area (Å²) in [5.74, 6) is -0.458. The molecule has 0 fully saturated rings. The fourth-order valence-corrected chi connectivity index (χ4v) is 2.12. The van der Waals surface area contributed by atoms with Gasteiger partial charge in [0.15, 0.2) is 16.6 Å². The van der Waals surface area contributed by atoms with Crippen LogP contribution in [-0.2, 0) is 6.61 Å². The molecule has 0 bridgehead atoms. The SMILES string of the molecule is CCCNc1nnc(COc2ccc(C#N)cc2F)s1. The van der Waals surface area contributed by atoms with E-state index in [1.165, 1.54) is 23.5 Å². The molecule has 0 aliphatic heterocycles. The number of hydrogen-bond donors (Lipinski definition) is 1. The molecule has 0 radical (unpaired) electrons. The van der Waals surface area contributed by atoms with Crippen molar-refractivity contribution < 1.29 is 9.13 Å². The van der Waals surface area contributed by atoms with Crippen LogP contribution < -0.4 is 10.1 Å². The van der Waals surface area contributed by atoms with Gasteiger partial charge in [0.25, 0.3) is 0 Å². The maximum atomic E-state index is 13.6. The van der Waals surface area contributed by atoms with Crippen molar-refractivity contribution in [2.45, 2.75) is 20.0 Å². The molecule has 0 spiro atoms. The van der Waals surface area contributed by atoms with Gasteiger partial charge in [0.05, 0.1) is 11.6 Å². The van der Waals surface area contributed by atoms with Crippen LogP contribution >= 0.6 is 11.3 Å². The minimum Gasteiger partial charge on any atom is -0.483 e. The second-order valence-electron chi connectivity index (χ2n) is 3.97. The van der Waals surface area contributed by atoms with Crippen LogP contribution in [-0.4, -0.2) is 16.7 Å². The Labute approximate surface area is 120 Å². The lowest BCUT2D eigenvalue weighted by Crippen LogP contribution is -1.98. The molecule has 0 saturated heterocycles. The minimum atomic E-state index is -0.558. The lowest BCUT2D eigenvalue weighted by molar-refractivity contribution is 0.289. The summed E-state index contributed by atoms with van der Waals surface area (Å²) in [6, 6.07) is 5.95. The van der Waals surface area contributed by atoms with Crippen molar-refractivity contribution in [3.05, 3.63) is 34.6 Å². The van der Waals surface area contributed by atoms with Gasteiger partial charge in [-0.3, -0.25) is 0 Å². The van der Waals surface area contributed by atoms with Crippen LogP contribution in [0.4, 0.5) is 9.52 Å². The molecule has 1 aromatic heterocycles. The summed E-state index contributed by atoms with van der Waals surface area (Å²) in [4.78, 5) is 0. The third-order valence-electron chi connectivity index (χ3n) is 2.41. The number of aromatic nitrogens is 2. The first kappa shape index (κ1) is 14.2. The molecule has 2 rings (SSSR count). The first-order valence-electron chi connectivity index (χ1n) is 6.11. The molecule has 1 aromatic carbocycles. The van der Waals surface area contributed by atoms with Gasteiger partial charge in [-0.15, -0.1) is 10.2 Å². The van der Waals surface area contributed by atoms with Gasteiger partial charge in [-0.05, 0) is 24.6 Å². The van der Waals surface area contributed by atoms with Gasteiger partial charge in [-0.1, -0.05) is 18.3 Å². The molecule has 2 aromatic rings. The number of ether oxygens (including phenoxy) is 1. The lowest BCUT2D eigenvalue weighted by atomic mass is 10.2. The van der Waals surface area contributed by atoms with E-state index in [9.17, 15) is 4.39 Å².